The second-order valence-corrected chi connectivity index (χ2v) is 11.2. The number of nitrogens with zero attached hydrogens (tertiary/aromatic N) is 5. The first-order valence-corrected chi connectivity index (χ1v) is 14.4. The summed E-state index contributed by atoms with van der Waals surface area (Å²) in [6.07, 6.45) is 3.71. The number of aliphatic hydroxyl groups excluding tert-OH is 1. The summed E-state index contributed by atoms with van der Waals surface area (Å²) >= 11 is 12.8. The number of aryl methyl sites for hydroxylation is 1. The van der Waals surface area contributed by atoms with Crippen molar-refractivity contribution in [2.24, 2.45) is 0 Å². The van der Waals surface area contributed by atoms with Crippen molar-refractivity contribution < 1.29 is 9.90 Å². The highest BCUT2D eigenvalue weighted by Gasteiger charge is 2.32. The van der Waals surface area contributed by atoms with Gasteiger partial charge in [0.25, 0.3) is 5.91 Å². The van der Waals surface area contributed by atoms with Gasteiger partial charge < -0.3 is 30.1 Å². The van der Waals surface area contributed by atoms with Crippen LogP contribution >= 0.6 is 23.2 Å². The highest BCUT2D eigenvalue weighted by molar-refractivity contribution is 6.33. The van der Waals surface area contributed by atoms with Gasteiger partial charge in [-0.3, -0.25) is 4.79 Å². The van der Waals surface area contributed by atoms with E-state index in [-0.39, 0.29) is 12.5 Å². The van der Waals surface area contributed by atoms with Gasteiger partial charge in [-0.05, 0) is 54.4 Å². The van der Waals surface area contributed by atoms with E-state index in [1.807, 2.05) is 48.0 Å². The molecule has 4 aromatic rings. The molecule has 4 heterocycles. The minimum atomic E-state index is -0.479. The van der Waals surface area contributed by atoms with Crippen molar-refractivity contribution in [1.82, 2.24) is 24.8 Å². The molecule has 1 amide bonds. The highest BCUT2D eigenvalue weighted by atomic mass is 35.5. The molecule has 6 rings (SSSR count). The van der Waals surface area contributed by atoms with Crippen molar-refractivity contribution in [2.75, 3.05) is 49.5 Å². The lowest BCUT2D eigenvalue weighted by atomic mass is 10.0. The van der Waals surface area contributed by atoms with Gasteiger partial charge in [0.15, 0.2) is 0 Å². The number of aliphatic hydroxyl groups is 1. The molecule has 0 aliphatic carbocycles. The lowest BCUT2D eigenvalue weighted by Crippen LogP contribution is -2.43. The highest BCUT2D eigenvalue weighted by Crippen LogP contribution is 2.33. The number of benzene rings is 2. The second-order valence-electron chi connectivity index (χ2n) is 10.3. The van der Waals surface area contributed by atoms with Crippen molar-refractivity contribution in [3.63, 3.8) is 0 Å². The zero-order valence-corrected chi connectivity index (χ0v) is 24.2. The van der Waals surface area contributed by atoms with E-state index in [0.717, 1.165) is 59.9 Å². The Bertz CT molecular complexity index is 1590. The number of fused-ring (bicyclic) bond motifs is 1. The maximum Gasteiger partial charge on any atom is 0.271 e. The first-order valence-electron chi connectivity index (χ1n) is 13.6. The quantitative estimate of drug-likeness (QED) is 0.281. The number of piperazine rings is 1. The lowest BCUT2D eigenvalue weighted by Gasteiger charge is -2.34. The van der Waals surface area contributed by atoms with Crippen LogP contribution in [0.1, 0.15) is 27.7 Å². The van der Waals surface area contributed by atoms with E-state index in [0.29, 0.717) is 34.8 Å². The van der Waals surface area contributed by atoms with Gasteiger partial charge in [0, 0.05) is 67.9 Å². The maximum absolute atomic E-state index is 13.6. The van der Waals surface area contributed by atoms with Gasteiger partial charge in [-0.2, -0.15) is 0 Å². The molecule has 2 aliphatic heterocycles. The Morgan fingerprint density at radius 1 is 1.07 bits per heavy atom. The number of rotatable bonds is 7. The van der Waals surface area contributed by atoms with Crippen LogP contribution in [0.2, 0.25) is 10.0 Å². The van der Waals surface area contributed by atoms with Gasteiger partial charge in [0.2, 0.25) is 5.95 Å². The SMILES string of the molecule is Cc1cnc(Nc2ccc(N3CCNCC3)cc2Cl)nc1-c1cc2n(c1)CCN([C@H](CO)c1cccc(Cl)c1)C2=O. The fourth-order valence-corrected chi connectivity index (χ4v) is 5.92. The number of nitrogens with one attached hydrogen (secondary N) is 2. The van der Waals surface area contributed by atoms with Crippen LogP contribution < -0.4 is 15.5 Å². The smallest absolute Gasteiger partial charge is 0.271 e. The molecule has 0 radical (unpaired) electrons. The monoisotopic (exact) mass is 591 g/mol. The summed E-state index contributed by atoms with van der Waals surface area (Å²) in [5.41, 5.74) is 5.59. The van der Waals surface area contributed by atoms with Gasteiger partial charge in [-0.15, -0.1) is 0 Å². The Balaban J connectivity index is 1.23. The molecular weight excluding hydrogens is 561 g/mol. The molecule has 0 saturated carbocycles. The van der Waals surface area contributed by atoms with Gasteiger partial charge in [0.1, 0.15) is 5.69 Å². The third-order valence-corrected chi connectivity index (χ3v) is 8.22. The molecule has 2 aliphatic rings. The largest absolute Gasteiger partial charge is 0.394 e. The molecular formula is C30H31Cl2N7O2. The van der Waals surface area contributed by atoms with Crippen LogP contribution in [0.4, 0.5) is 17.3 Å². The molecule has 0 spiro atoms. The summed E-state index contributed by atoms with van der Waals surface area (Å²) in [5.74, 6) is 0.267. The summed E-state index contributed by atoms with van der Waals surface area (Å²) in [5, 5.41) is 18.0. The molecule has 2 aromatic heterocycles. The number of carbonyl (C=O) groups excluding carboxylic acids is 1. The molecule has 1 fully saturated rings. The van der Waals surface area contributed by atoms with Gasteiger partial charge >= 0.3 is 0 Å². The summed E-state index contributed by atoms with van der Waals surface area (Å²) in [6.45, 7) is 6.60. The number of amides is 1. The van der Waals surface area contributed by atoms with Gasteiger partial charge in [-0.25, -0.2) is 9.97 Å². The zero-order valence-electron chi connectivity index (χ0n) is 22.6. The number of aromatic nitrogens is 3. The molecule has 3 N–H and O–H groups in total. The maximum atomic E-state index is 13.6. The summed E-state index contributed by atoms with van der Waals surface area (Å²) < 4.78 is 1.95. The average Bonchev–Trinajstić information content (AvgIpc) is 3.42. The summed E-state index contributed by atoms with van der Waals surface area (Å²) in [7, 11) is 0. The van der Waals surface area contributed by atoms with Crippen LogP contribution in [-0.2, 0) is 6.54 Å². The molecule has 9 nitrogen and oxygen atoms in total. The Kier molecular flexibility index (Phi) is 7.86. The van der Waals surface area contributed by atoms with Crippen molar-refractivity contribution in [1.29, 1.82) is 0 Å². The number of anilines is 3. The van der Waals surface area contributed by atoms with Gasteiger partial charge in [-0.1, -0.05) is 35.3 Å². The van der Waals surface area contributed by atoms with Crippen molar-refractivity contribution in [2.45, 2.75) is 19.5 Å². The Labute approximate surface area is 248 Å². The normalized spacial score (nSPS) is 16.0. The minimum Gasteiger partial charge on any atom is -0.394 e. The summed E-state index contributed by atoms with van der Waals surface area (Å²) in [4.78, 5) is 26.9. The van der Waals surface area contributed by atoms with E-state index >= 15 is 0 Å². The van der Waals surface area contributed by atoms with Crippen LogP contribution in [0.5, 0.6) is 0 Å². The van der Waals surface area contributed by atoms with Crippen molar-refractivity contribution in [3.8, 4) is 11.3 Å². The lowest BCUT2D eigenvalue weighted by molar-refractivity contribution is 0.0526. The van der Waals surface area contributed by atoms with Crippen molar-refractivity contribution >= 4 is 46.4 Å². The molecule has 41 heavy (non-hydrogen) atoms. The van der Waals surface area contributed by atoms with E-state index in [1.165, 1.54) is 0 Å². The summed E-state index contributed by atoms with van der Waals surface area (Å²) in [6, 6.07) is 14.6. The fraction of sp³-hybridized carbons (Fsp3) is 0.300. The average molecular weight is 593 g/mol. The van der Waals surface area contributed by atoms with Crippen LogP contribution in [0.3, 0.4) is 0 Å². The zero-order chi connectivity index (χ0) is 28.5. The first-order chi connectivity index (χ1) is 19.9. The second kappa shape index (κ2) is 11.7. The number of halogens is 2. The van der Waals surface area contributed by atoms with Crippen LogP contribution in [-0.4, -0.2) is 69.8 Å². The number of hydrogen-bond donors (Lipinski definition) is 3. The molecule has 1 saturated heterocycles. The third kappa shape index (κ3) is 5.63. The van der Waals surface area contributed by atoms with E-state index in [9.17, 15) is 9.90 Å². The third-order valence-electron chi connectivity index (χ3n) is 7.67. The molecule has 11 heteroatoms. The van der Waals surface area contributed by atoms with E-state index in [2.05, 4.69) is 26.6 Å². The topological polar surface area (TPSA) is 98.6 Å². The van der Waals surface area contributed by atoms with E-state index in [1.54, 1.807) is 23.2 Å². The van der Waals surface area contributed by atoms with E-state index < -0.39 is 6.04 Å². The van der Waals surface area contributed by atoms with Gasteiger partial charge in [0.05, 0.1) is 29.1 Å². The van der Waals surface area contributed by atoms with Crippen molar-refractivity contribution in [3.05, 3.63) is 87.8 Å². The molecule has 0 unspecified atom stereocenters. The molecule has 1 atom stereocenters. The van der Waals surface area contributed by atoms with Crippen LogP contribution in [0, 0.1) is 6.92 Å². The molecule has 0 bridgehead atoms. The van der Waals surface area contributed by atoms with Crippen LogP contribution in [0.25, 0.3) is 11.3 Å². The van der Waals surface area contributed by atoms with E-state index in [4.69, 9.17) is 28.2 Å². The standard InChI is InChI=1S/C30H31Cl2N7O2/c1-19-16-34-30(35-25-6-5-23(15-24(25)32)37-9-7-33-8-10-37)36-28(19)21-14-26-29(41)39(12-11-38(26)17-21)27(18-40)20-3-2-4-22(31)13-20/h2-6,13-17,27,33,40H,7-12,18H2,1H3,(H,34,35,36)/t27-/m1/s1. The first kappa shape index (κ1) is 27.5. The minimum absolute atomic E-state index is 0.150. The number of carbonyl (C=O) groups is 1. The Hall–Kier alpha value is -3.63. The predicted molar refractivity (Wildman–Crippen MR) is 162 cm³/mol. The Morgan fingerprint density at radius 3 is 2.66 bits per heavy atom. The number of hydrogen-bond acceptors (Lipinski definition) is 7. The van der Waals surface area contributed by atoms with Crippen LogP contribution in [0.15, 0.2) is 60.9 Å². The predicted octanol–water partition coefficient (Wildman–Crippen LogP) is 4.90. The fourth-order valence-electron chi connectivity index (χ4n) is 5.50. The molecule has 212 valence electrons. The molecule has 2 aromatic carbocycles. The Morgan fingerprint density at radius 2 is 1.90 bits per heavy atom.